The summed E-state index contributed by atoms with van der Waals surface area (Å²) in [6.07, 6.45) is 2.25. The molecule has 1 aromatic heterocycles. The summed E-state index contributed by atoms with van der Waals surface area (Å²) in [6, 6.07) is 4.94. The second kappa shape index (κ2) is 7.65. The molecule has 2 fully saturated rings. The van der Waals surface area contributed by atoms with E-state index in [4.69, 9.17) is 16.0 Å². The first-order valence-corrected chi connectivity index (χ1v) is 11.8. The van der Waals surface area contributed by atoms with Gasteiger partial charge in [-0.15, -0.1) is 10.2 Å². The van der Waals surface area contributed by atoms with Gasteiger partial charge in [0.15, 0.2) is 0 Å². The summed E-state index contributed by atoms with van der Waals surface area (Å²) < 4.78 is 33.7. The molecule has 0 aliphatic carbocycles. The fourth-order valence-electron chi connectivity index (χ4n) is 4.67. The Morgan fingerprint density at radius 2 is 2.00 bits per heavy atom. The second-order valence-corrected chi connectivity index (χ2v) is 10.7. The Hall–Kier alpha value is -1.48. The molecule has 2 saturated heterocycles. The predicted molar refractivity (Wildman–Crippen MR) is 111 cm³/mol. The first kappa shape index (κ1) is 20.8. The number of hydrogen-bond donors (Lipinski definition) is 0. The van der Waals surface area contributed by atoms with Crippen LogP contribution in [0.4, 0.5) is 0 Å². The van der Waals surface area contributed by atoms with E-state index in [1.807, 2.05) is 13.8 Å². The van der Waals surface area contributed by atoms with Crippen molar-refractivity contribution in [2.75, 3.05) is 33.2 Å². The quantitative estimate of drug-likeness (QED) is 0.729. The van der Waals surface area contributed by atoms with Gasteiger partial charge in [-0.2, -0.15) is 4.31 Å². The van der Waals surface area contributed by atoms with Crippen molar-refractivity contribution in [3.63, 3.8) is 0 Å². The van der Waals surface area contributed by atoms with E-state index in [1.54, 1.807) is 22.5 Å². The SMILES string of the molecule is CCc1nnc(C2CN(C)CC23CCN(S(=O)(=O)c2ccc(C)c(Cl)c2)CC3)o1. The number of aromatic nitrogens is 2. The lowest BCUT2D eigenvalue weighted by Gasteiger charge is -2.41. The Kier molecular flexibility index (Phi) is 5.48. The van der Waals surface area contributed by atoms with Crippen molar-refractivity contribution in [3.05, 3.63) is 40.6 Å². The zero-order chi connectivity index (χ0) is 20.8. The van der Waals surface area contributed by atoms with Gasteiger partial charge < -0.3 is 9.32 Å². The van der Waals surface area contributed by atoms with Crippen molar-refractivity contribution in [1.82, 2.24) is 19.4 Å². The standard InChI is InChI=1S/C20H27ClN4O3S/c1-4-18-22-23-19(28-18)16-12-24(3)13-20(16)7-9-25(10-8-20)29(26,27)15-6-5-14(2)17(21)11-15/h5-6,11,16H,4,7-10,12-13H2,1-3H3. The summed E-state index contributed by atoms with van der Waals surface area (Å²) >= 11 is 6.16. The van der Waals surface area contributed by atoms with Crippen LogP contribution in [0.25, 0.3) is 0 Å². The molecule has 0 bridgehead atoms. The van der Waals surface area contributed by atoms with Gasteiger partial charge in [-0.05, 0) is 49.9 Å². The summed E-state index contributed by atoms with van der Waals surface area (Å²) in [6.45, 7) is 6.58. The number of rotatable bonds is 4. The van der Waals surface area contributed by atoms with E-state index in [-0.39, 0.29) is 16.2 Å². The lowest BCUT2D eigenvalue weighted by Crippen LogP contribution is -2.45. The molecule has 1 aromatic carbocycles. The van der Waals surface area contributed by atoms with Crippen molar-refractivity contribution in [2.45, 2.75) is 43.9 Å². The van der Waals surface area contributed by atoms with Gasteiger partial charge in [0.25, 0.3) is 0 Å². The largest absolute Gasteiger partial charge is 0.425 e. The molecule has 0 radical (unpaired) electrons. The van der Waals surface area contributed by atoms with Crippen molar-refractivity contribution in [1.29, 1.82) is 0 Å². The molecule has 0 amide bonds. The Bertz CT molecular complexity index is 999. The maximum atomic E-state index is 13.1. The van der Waals surface area contributed by atoms with Gasteiger partial charge in [-0.3, -0.25) is 0 Å². The summed E-state index contributed by atoms with van der Waals surface area (Å²) in [5.41, 5.74) is 0.828. The Morgan fingerprint density at radius 1 is 1.28 bits per heavy atom. The molecule has 1 spiro atoms. The zero-order valence-corrected chi connectivity index (χ0v) is 18.6. The fraction of sp³-hybridized carbons (Fsp3) is 0.600. The average molecular weight is 439 g/mol. The van der Waals surface area contributed by atoms with Gasteiger partial charge in [0.05, 0.1) is 10.8 Å². The van der Waals surface area contributed by atoms with Gasteiger partial charge in [-0.25, -0.2) is 8.42 Å². The van der Waals surface area contributed by atoms with Crippen LogP contribution in [-0.4, -0.2) is 61.0 Å². The monoisotopic (exact) mass is 438 g/mol. The summed E-state index contributed by atoms with van der Waals surface area (Å²) in [7, 11) is -1.47. The molecule has 0 saturated carbocycles. The highest BCUT2D eigenvalue weighted by Crippen LogP contribution is 2.49. The van der Waals surface area contributed by atoms with Crippen LogP contribution in [0.15, 0.2) is 27.5 Å². The van der Waals surface area contributed by atoms with Crippen LogP contribution in [0.2, 0.25) is 5.02 Å². The van der Waals surface area contributed by atoms with Crippen LogP contribution in [0.3, 0.4) is 0 Å². The second-order valence-electron chi connectivity index (χ2n) is 8.31. The maximum absolute atomic E-state index is 13.1. The normalized spacial score (nSPS) is 23.1. The lowest BCUT2D eigenvalue weighted by atomic mass is 9.71. The average Bonchev–Trinajstić information content (AvgIpc) is 3.28. The molecule has 4 rings (SSSR count). The van der Waals surface area contributed by atoms with E-state index in [2.05, 4.69) is 22.1 Å². The van der Waals surface area contributed by atoms with Gasteiger partial charge >= 0.3 is 0 Å². The molecule has 29 heavy (non-hydrogen) atoms. The molecule has 2 aliphatic heterocycles. The molecular weight excluding hydrogens is 412 g/mol. The van der Waals surface area contributed by atoms with Crippen molar-refractivity contribution in [2.24, 2.45) is 5.41 Å². The molecule has 1 atom stereocenters. The highest BCUT2D eigenvalue weighted by atomic mass is 35.5. The van der Waals surface area contributed by atoms with Gasteiger partial charge in [0, 0.05) is 37.6 Å². The van der Waals surface area contributed by atoms with E-state index >= 15 is 0 Å². The third kappa shape index (κ3) is 3.71. The summed E-state index contributed by atoms with van der Waals surface area (Å²) in [5, 5.41) is 8.91. The van der Waals surface area contributed by atoms with Crippen LogP contribution in [0.5, 0.6) is 0 Å². The number of sulfonamides is 1. The minimum Gasteiger partial charge on any atom is -0.425 e. The van der Waals surface area contributed by atoms with Gasteiger partial charge in [-0.1, -0.05) is 24.6 Å². The van der Waals surface area contributed by atoms with E-state index in [9.17, 15) is 8.42 Å². The van der Waals surface area contributed by atoms with Crippen LogP contribution in [0.1, 0.15) is 43.0 Å². The number of aryl methyl sites for hydroxylation is 2. The van der Waals surface area contributed by atoms with Crippen molar-refractivity contribution >= 4 is 21.6 Å². The summed E-state index contributed by atoms with van der Waals surface area (Å²) in [4.78, 5) is 2.54. The molecular formula is C20H27ClN4O3S. The number of nitrogens with zero attached hydrogens (tertiary/aromatic N) is 4. The molecule has 7 nitrogen and oxygen atoms in total. The van der Waals surface area contributed by atoms with E-state index < -0.39 is 10.0 Å². The zero-order valence-electron chi connectivity index (χ0n) is 17.1. The molecule has 2 aromatic rings. The van der Waals surface area contributed by atoms with E-state index in [1.165, 1.54) is 0 Å². The first-order valence-electron chi connectivity index (χ1n) is 10.0. The number of piperidine rings is 1. The summed E-state index contributed by atoms with van der Waals surface area (Å²) in [5.74, 6) is 1.48. The number of hydrogen-bond acceptors (Lipinski definition) is 6. The van der Waals surface area contributed by atoms with Crippen molar-refractivity contribution in [3.8, 4) is 0 Å². The van der Waals surface area contributed by atoms with Crippen LogP contribution in [-0.2, 0) is 16.4 Å². The smallest absolute Gasteiger partial charge is 0.243 e. The minimum atomic E-state index is -3.56. The number of benzene rings is 1. The first-order chi connectivity index (χ1) is 13.7. The van der Waals surface area contributed by atoms with E-state index in [0.717, 1.165) is 31.5 Å². The third-order valence-electron chi connectivity index (χ3n) is 6.40. The number of halogens is 1. The minimum absolute atomic E-state index is 0.0385. The van der Waals surface area contributed by atoms with Crippen LogP contribution in [0, 0.1) is 12.3 Å². The molecule has 9 heteroatoms. The Balaban J connectivity index is 1.54. The van der Waals surface area contributed by atoms with Crippen molar-refractivity contribution < 1.29 is 12.8 Å². The van der Waals surface area contributed by atoms with Crippen LogP contribution >= 0.6 is 11.6 Å². The van der Waals surface area contributed by atoms with E-state index in [0.29, 0.717) is 36.3 Å². The lowest BCUT2D eigenvalue weighted by molar-refractivity contribution is 0.134. The highest BCUT2D eigenvalue weighted by molar-refractivity contribution is 7.89. The number of likely N-dealkylation sites (N-methyl/N-ethyl adjacent to an activating group) is 1. The Morgan fingerprint density at radius 3 is 2.62 bits per heavy atom. The highest BCUT2D eigenvalue weighted by Gasteiger charge is 2.51. The predicted octanol–water partition coefficient (Wildman–Crippen LogP) is 3.09. The topological polar surface area (TPSA) is 79.5 Å². The molecule has 1 unspecified atom stereocenters. The van der Waals surface area contributed by atoms with Gasteiger partial charge in [0.1, 0.15) is 0 Å². The number of likely N-dealkylation sites (tertiary alicyclic amines) is 1. The molecule has 158 valence electrons. The fourth-order valence-corrected chi connectivity index (χ4v) is 6.38. The Labute approximate surface area is 177 Å². The maximum Gasteiger partial charge on any atom is 0.243 e. The molecule has 0 N–H and O–H groups in total. The molecule has 3 heterocycles. The molecule has 2 aliphatic rings. The van der Waals surface area contributed by atoms with Crippen LogP contribution < -0.4 is 0 Å². The van der Waals surface area contributed by atoms with Gasteiger partial charge in [0.2, 0.25) is 21.8 Å². The third-order valence-corrected chi connectivity index (χ3v) is 8.70.